The first-order valence-electron chi connectivity index (χ1n) is 16.5. The van der Waals surface area contributed by atoms with Gasteiger partial charge in [0.25, 0.3) is 0 Å². The lowest BCUT2D eigenvalue weighted by Gasteiger charge is -2.42. The van der Waals surface area contributed by atoms with Crippen molar-refractivity contribution in [3.8, 4) is 12.1 Å². The fourth-order valence-electron chi connectivity index (χ4n) is 6.77. The zero-order valence-corrected chi connectivity index (χ0v) is 29.1. The number of ether oxygens (including phenoxy) is 1. The molecule has 0 unspecified atom stereocenters. The van der Waals surface area contributed by atoms with Gasteiger partial charge in [-0.3, -0.25) is 14.7 Å². The Morgan fingerprint density at radius 2 is 2.04 bits per heavy atom. The van der Waals surface area contributed by atoms with Gasteiger partial charge in [-0.15, -0.1) is 0 Å². The van der Waals surface area contributed by atoms with Crippen LogP contribution >= 0.6 is 11.8 Å². The highest BCUT2D eigenvalue weighted by molar-refractivity contribution is 8.00. The molecule has 0 bridgehead atoms. The number of fused-ring (bicyclic) bond motifs is 2. The first kappa shape index (κ1) is 33.0. The Bertz CT molecular complexity index is 1690. The second-order valence-electron chi connectivity index (χ2n) is 14.0. The quantitative estimate of drug-likeness (QED) is 0.193. The van der Waals surface area contributed by atoms with E-state index in [1.807, 2.05) is 12.4 Å². The third-order valence-corrected chi connectivity index (χ3v) is 11.4. The number of carbonyl (C=O) groups is 1. The third-order valence-electron chi connectivity index (χ3n) is 10.1. The third kappa shape index (κ3) is 7.04. The highest BCUT2D eigenvalue weighted by Crippen LogP contribution is 2.47. The summed E-state index contributed by atoms with van der Waals surface area (Å²) < 4.78 is 6.34. The monoisotopic (exact) mass is 654 g/mol. The number of carbonyl (C=O) groups excluding carboxylic acids is 1. The summed E-state index contributed by atoms with van der Waals surface area (Å²) >= 11 is 1.74. The molecule has 0 radical (unpaired) electrons. The van der Waals surface area contributed by atoms with E-state index >= 15 is 0 Å². The molecule has 1 aliphatic carbocycles. The molecule has 1 atom stereocenters. The van der Waals surface area contributed by atoms with Crippen LogP contribution in [0.1, 0.15) is 56.9 Å². The largest absolute Gasteiger partial charge is 0.452 e. The van der Waals surface area contributed by atoms with Crippen molar-refractivity contribution < 1.29 is 9.53 Å². The van der Waals surface area contributed by atoms with E-state index in [-0.39, 0.29) is 23.2 Å². The Morgan fingerprint density at radius 1 is 1.23 bits per heavy atom. The molecule has 11 heteroatoms. The van der Waals surface area contributed by atoms with Gasteiger partial charge in [0.05, 0.1) is 47.5 Å². The average molecular weight is 655 g/mol. The molecule has 1 aromatic carbocycles. The number of nitriles is 1. The number of rotatable bonds is 11. The molecule has 6 rings (SSSR count). The zero-order valence-electron chi connectivity index (χ0n) is 28.3. The van der Waals surface area contributed by atoms with Crippen LogP contribution in [0, 0.1) is 23.7 Å². The van der Waals surface area contributed by atoms with E-state index in [4.69, 9.17) is 14.7 Å². The highest BCUT2D eigenvalue weighted by Gasteiger charge is 2.41. The number of thioether (sulfide) groups is 1. The molecular weight excluding hydrogens is 609 g/mol. The lowest BCUT2D eigenvalue weighted by molar-refractivity contribution is -0.128. The summed E-state index contributed by atoms with van der Waals surface area (Å²) in [5, 5.41) is 11.9. The number of amides is 1. The Hall–Kier alpha value is -3.88. The van der Waals surface area contributed by atoms with Crippen molar-refractivity contribution in [3.63, 3.8) is 0 Å². The Kier molecular flexibility index (Phi) is 9.36. The summed E-state index contributed by atoms with van der Waals surface area (Å²) in [5.41, 5.74) is 4.78. The lowest BCUT2D eigenvalue weighted by Crippen LogP contribution is -2.55. The van der Waals surface area contributed by atoms with Crippen LogP contribution in [0.3, 0.4) is 0 Å². The Labute approximate surface area is 282 Å². The molecule has 3 aromatic rings. The van der Waals surface area contributed by atoms with Crippen LogP contribution in [0.2, 0.25) is 0 Å². The van der Waals surface area contributed by atoms with Gasteiger partial charge in [0.2, 0.25) is 5.91 Å². The number of anilines is 2. The summed E-state index contributed by atoms with van der Waals surface area (Å²) in [6.45, 7) is 16.7. The fourth-order valence-corrected chi connectivity index (χ4v) is 7.50. The van der Waals surface area contributed by atoms with Crippen LogP contribution in [0.4, 0.5) is 11.5 Å². The van der Waals surface area contributed by atoms with Crippen LogP contribution < -0.4 is 14.5 Å². The summed E-state index contributed by atoms with van der Waals surface area (Å²) in [6.07, 6.45) is 8.79. The molecule has 2 aliphatic heterocycles. The predicted octanol–water partition coefficient (Wildman–Crippen LogP) is 5.55. The van der Waals surface area contributed by atoms with E-state index < -0.39 is 0 Å². The van der Waals surface area contributed by atoms with Crippen LogP contribution in [0.15, 0.2) is 43.2 Å². The lowest BCUT2D eigenvalue weighted by atomic mass is 10.0. The normalized spacial score (nSPS) is 19.0. The van der Waals surface area contributed by atoms with Gasteiger partial charge in [-0.05, 0) is 64.1 Å². The molecule has 1 amide bonds. The van der Waals surface area contributed by atoms with Crippen LogP contribution in [-0.2, 0) is 17.8 Å². The minimum Gasteiger partial charge on any atom is -0.452 e. The van der Waals surface area contributed by atoms with Gasteiger partial charge in [-0.2, -0.15) is 15.2 Å². The smallest absolute Gasteiger partial charge is 0.319 e. The topological polar surface area (TPSA) is 102 Å². The van der Waals surface area contributed by atoms with Crippen molar-refractivity contribution in [2.75, 3.05) is 55.5 Å². The van der Waals surface area contributed by atoms with Crippen LogP contribution in [-0.4, -0.2) is 87.3 Å². The second-order valence-corrected chi connectivity index (χ2v) is 15.5. The molecule has 47 heavy (non-hydrogen) atoms. The number of aromatic nitrogens is 3. The number of hydrogen-bond acceptors (Lipinski definition) is 10. The van der Waals surface area contributed by atoms with E-state index in [2.05, 4.69) is 85.3 Å². The molecule has 2 aromatic heterocycles. The van der Waals surface area contributed by atoms with Gasteiger partial charge in [-0.1, -0.05) is 43.5 Å². The summed E-state index contributed by atoms with van der Waals surface area (Å²) in [7, 11) is 2.19. The number of benzene rings is 1. The number of pyridine rings is 1. The second kappa shape index (κ2) is 13.3. The van der Waals surface area contributed by atoms with Gasteiger partial charge in [0.1, 0.15) is 11.8 Å². The first-order chi connectivity index (χ1) is 22.5. The molecule has 4 heterocycles. The maximum absolute atomic E-state index is 12.6. The number of aryl methyl sites for hydroxylation is 1. The van der Waals surface area contributed by atoms with Gasteiger partial charge in [0.15, 0.2) is 0 Å². The van der Waals surface area contributed by atoms with Crippen molar-refractivity contribution in [1.29, 1.82) is 5.26 Å². The molecule has 0 spiro atoms. The fraction of sp³-hybridized carbons (Fsp3) is 0.528. The van der Waals surface area contributed by atoms with Gasteiger partial charge in [0, 0.05) is 55.3 Å². The van der Waals surface area contributed by atoms with Gasteiger partial charge in [-0.25, -0.2) is 0 Å². The molecular formula is C36H46N8O2S. The number of hydrogen-bond donors (Lipinski definition) is 0. The van der Waals surface area contributed by atoms with Gasteiger partial charge >= 0.3 is 6.01 Å². The van der Waals surface area contributed by atoms with Crippen molar-refractivity contribution >= 4 is 39.9 Å². The van der Waals surface area contributed by atoms with E-state index in [9.17, 15) is 10.1 Å². The van der Waals surface area contributed by atoms with Gasteiger partial charge < -0.3 is 19.4 Å². The highest BCUT2D eigenvalue weighted by atomic mass is 32.2. The molecule has 10 nitrogen and oxygen atoms in total. The molecule has 1 saturated carbocycles. The number of nitrogens with zero attached hydrogens (tertiary/aromatic N) is 8. The minimum absolute atomic E-state index is 0.114. The number of piperazine rings is 1. The summed E-state index contributed by atoms with van der Waals surface area (Å²) in [4.78, 5) is 35.9. The summed E-state index contributed by atoms with van der Waals surface area (Å²) in [5.74, 6) is 1.11. The predicted molar refractivity (Wildman–Crippen MR) is 189 cm³/mol. The van der Waals surface area contributed by atoms with Crippen molar-refractivity contribution in [1.82, 2.24) is 24.8 Å². The van der Waals surface area contributed by atoms with Crippen LogP contribution in [0.25, 0.3) is 10.8 Å². The molecule has 1 saturated heterocycles. The maximum Gasteiger partial charge on any atom is 0.319 e. The standard InChI is InChI=1S/C36H46N8O2S/c1-7-31(45)44-18-17-43(21-27(44)11-15-37)33-28-12-16-42(30-20-38-19-26-10-8-9-25(2)32(26)30)22-29(28)39-34(40-33)46-24-47-35(3,4)41(6)23-36(5)13-14-36/h7-10,19-20,27H,1,11-14,16-18,21-24H2,2-6H3/t27-/m0/s1. The minimum atomic E-state index is -0.251. The van der Waals surface area contributed by atoms with E-state index in [0.29, 0.717) is 43.5 Å². The van der Waals surface area contributed by atoms with E-state index in [1.54, 1.807) is 16.7 Å². The first-order valence-corrected chi connectivity index (χ1v) is 17.5. The van der Waals surface area contributed by atoms with Crippen LogP contribution in [0.5, 0.6) is 6.01 Å². The Balaban J connectivity index is 1.29. The average Bonchev–Trinajstić information content (AvgIpc) is 3.79. The molecule has 3 aliphatic rings. The van der Waals surface area contributed by atoms with Crippen molar-refractivity contribution in [2.24, 2.45) is 5.41 Å². The van der Waals surface area contributed by atoms with E-state index in [0.717, 1.165) is 47.7 Å². The van der Waals surface area contributed by atoms with Crippen molar-refractivity contribution in [2.45, 2.75) is 70.8 Å². The molecule has 0 N–H and O–H groups in total. The molecule has 2 fully saturated rings. The Morgan fingerprint density at radius 3 is 2.79 bits per heavy atom. The SMILES string of the molecule is C=CC(=O)N1CCN(c2nc(OCSC(C)(C)N(C)CC3(C)CC3)nc3c2CCN(c2cncc4cccc(C)c24)C3)C[C@@H]1CC#N. The summed E-state index contributed by atoms with van der Waals surface area (Å²) in [6, 6.07) is 8.70. The zero-order chi connectivity index (χ0) is 33.3. The van der Waals surface area contributed by atoms with Crippen molar-refractivity contribution in [3.05, 3.63) is 60.1 Å². The maximum atomic E-state index is 12.6. The van der Waals surface area contributed by atoms with E-state index in [1.165, 1.54) is 29.9 Å². The molecule has 248 valence electrons.